The van der Waals surface area contributed by atoms with Gasteiger partial charge < -0.3 is 14.6 Å². The Kier molecular flexibility index (Phi) is 10.7. The maximum absolute atomic E-state index is 13.8. The molecule has 0 saturated heterocycles. The third kappa shape index (κ3) is 7.28. The van der Waals surface area contributed by atoms with Crippen LogP contribution in [-0.4, -0.2) is 53.7 Å². The van der Waals surface area contributed by atoms with E-state index < -0.39 is 17.9 Å². The second kappa shape index (κ2) is 13.5. The number of aliphatic hydroxyl groups excluding tert-OH is 1. The topological polar surface area (TPSA) is 89.0 Å². The van der Waals surface area contributed by atoms with Crippen LogP contribution in [-0.2, 0) is 20.7 Å². The van der Waals surface area contributed by atoms with E-state index in [4.69, 9.17) is 9.47 Å². The largest absolute Gasteiger partial charge is 0.493 e. The fourth-order valence-electron chi connectivity index (χ4n) is 5.53. The predicted octanol–water partition coefficient (Wildman–Crippen LogP) is 4.97. The molecule has 2 fully saturated rings. The van der Waals surface area contributed by atoms with Crippen molar-refractivity contribution in [3.63, 3.8) is 0 Å². The number of amides is 1. The van der Waals surface area contributed by atoms with Gasteiger partial charge in [-0.15, -0.1) is 0 Å². The van der Waals surface area contributed by atoms with Crippen molar-refractivity contribution in [3.8, 4) is 5.75 Å². The van der Waals surface area contributed by atoms with Crippen molar-refractivity contribution in [3.05, 3.63) is 17.8 Å². The van der Waals surface area contributed by atoms with Crippen LogP contribution < -0.4 is 9.64 Å². The standard InChI is InChI=1S/C29H46N2O5/c1-6-21-17-30-27(16-26(21)36-8-3)31(22-12-13-22)29(34)24-11-9-10-23(28(24)33)25(32)15-20(14-19(4)5)18-35-7-2/h16-17,19-20,22-24,28,33H,6-15,18H2,1-5H3/t20-,23-,24-,28+/m0/s1. The minimum absolute atomic E-state index is 0.0624. The molecule has 1 N–H and O–H groups in total. The Morgan fingerprint density at radius 2 is 1.83 bits per heavy atom. The van der Waals surface area contributed by atoms with Crippen molar-refractivity contribution >= 4 is 17.5 Å². The highest BCUT2D eigenvalue weighted by molar-refractivity contribution is 5.96. The van der Waals surface area contributed by atoms with Crippen LogP contribution in [0.5, 0.6) is 5.75 Å². The molecule has 2 saturated carbocycles. The van der Waals surface area contributed by atoms with Gasteiger partial charge in [0.1, 0.15) is 17.4 Å². The average Bonchev–Trinajstić information content (AvgIpc) is 3.68. The van der Waals surface area contributed by atoms with Crippen LogP contribution in [0.1, 0.15) is 85.1 Å². The Hall–Kier alpha value is -1.99. The Balaban J connectivity index is 1.76. The van der Waals surface area contributed by atoms with Gasteiger partial charge in [0.15, 0.2) is 0 Å². The van der Waals surface area contributed by atoms with Crippen LogP contribution in [0.4, 0.5) is 5.82 Å². The summed E-state index contributed by atoms with van der Waals surface area (Å²) in [6.07, 6.45) is 6.76. The number of aryl methyl sites for hydroxylation is 1. The number of pyridine rings is 1. The molecule has 1 aromatic rings. The Morgan fingerprint density at radius 3 is 2.44 bits per heavy atom. The van der Waals surface area contributed by atoms with E-state index >= 15 is 0 Å². The quantitative estimate of drug-likeness (QED) is 0.386. The number of rotatable bonds is 14. The van der Waals surface area contributed by atoms with Gasteiger partial charge in [0.25, 0.3) is 0 Å². The zero-order chi connectivity index (χ0) is 26.2. The monoisotopic (exact) mass is 502 g/mol. The van der Waals surface area contributed by atoms with E-state index in [1.807, 2.05) is 19.9 Å². The third-order valence-electron chi connectivity index (χ3n) is 7.44. The molecular weight excluding hydrogens is 456 g/mol. The zero-order valence-electron chi connectivity index (χ0n) is 22.9. The van der Waals surface area contributed by atoms with Crippen LogP contribution >= 0.6 is 0 Å². The molecule has 1 aromatic heterocycles. The van der Waals surface area contributed by atoms with Gasteiger partial charge in [-0.3, -0.25) is 14.5 Å². The summed E-state index contributed by atoms with van der Waals surface area (Å²) < 4.78 is 11.5. The number of carbonyl (C=O) groups is 2. The number of nitrogens with zero attached hydrogens (tertiary/aromatic N) is 2. The molecule has 202 valence electrons. The van der Waals surface area contributed by atoms with E-state index in [9.17, 15) is 14.7 Å². The number of ether oxygens (including phenoxy) is 2. The van der Waals surface area contributed by atoms with Crippen LogP contribution in [0.15, 0.2) is 12.3 Å². The molecule has 0 aliphatic heterocycles. The van der Waals surface area contributed by atoms with E-state index in [1.54, 1.807) is 11.1 Å². The summed E-state index contributed by atoms with van der Waals surface area (Å²) in [6.45, 7) is 12.0. The maximum atomic E-state index is 13.8. The second-order valence-corrected chi connectivity index (χ2v) is 10.8. The number of hydrogen-bond acceptors (Lipinski definition) is 6. The summed E-state index contributed by atoms with van der Waals surface area (Å²) in [5.74, 6) is 0.799. The van der Waals surface area contributed by atoms with Gasteiger partial charge in [-0.25, -0.2) is 4.98 Å². The number of anilines is 1. The van der Waals surface area contributed by atoms with Gasteiger partial charge in [0, 0.05) is 49.4 Å². The van der Waals surface area contributed by atoms with Crippen molar-refractivity contribution in [1.29, 1.82) is 0 Å². The van der Waals surface area contributed by atoms with Gasteiger partial charge in [-0.2, -0.15) is 0 Å². The van der Waals surface area contributed by atoms with E-state index in [-0.39, 0.29) is 23.7 Å². The molecule has 0 spiro atoms. The lowest BCUT2D eigenvalue weighted by Gasteiger charge is -2.36. The highest BCUT2D eigenvalue weighted by Crippen LogP contribution is 2.39. The van der Waals surface area contributed by atoms with Crippen LogP contribution in [0.3, 0.4) is 0 Å². The highest BCUT2D eigenvalue weighted by atomic mass is 16.5. The second-order valence-electron chi connectivity index (χ2n) is 10.8. The first-order chi connectivity index (χ1) is 17.3. The fraction of sp³-hybridized carbons (Fsp3) is 0.759. The molecule has 7 heteroatoms. The van der Waals surface area contributed by atoms with Gasteiger partial charge in [0.05, 0.1) is 18.6 Å². The molecule has 0 bridgehead atoms. The molecule has 1 amide bonds. The minimum atomic E-state index is -0.965. The van der Waals surface area contributed by atoms with E-state index in [1.165, 1.54) is 0 Å². The van der Waals surface area contributed by atoms with Gasteiger partial charge in [-0.05, 0) is 64.2 Å². The molecule has 2 aliphatic rings. The Morgan fingerprint density at radius 1 is 1.11 bits per heavy atom. The van der Waals surface area contributed by atoms with Gasteiger partial charge in [0.2, 0.25) is 5.91 Å². The summed E-state index contributed by atoms with van der Waals surface area (Å²) >= 11 is 0. The molecule has 4 atom stereocenters. The lowest BCUT2D eigenvalue weighted by atomic mass is 9.74. The van der Waals surface area contributed by atoms with Crippen molar-refractivity contribution in [2.24, 2.45) is 23.7 Å². The lowest BCUT2D eigenvalue weighted by Crippen LogP contribution is -2.48. The Bertz CT molecular complexity index is 869. The van der Waals surface area contributed by atoms with E-state index in [0.29, 0.717) is 50.8 Å². The highest BCUT2D eigenvalue weighted by Gasteiger charge is 2.45. The number of ketones is 1. The third-order valence-corrected chi connectivity index (χ3v) is 7.44. The van der Waals surface area contributed by atoms with Crippen LogP contribution in [0, 0.1) is 23.7 Å². The number of Topliss-reactive ketones (excluding diaryl/α,β-unsaturated/α-hetero) is 1. The summed E-state index contributed by atoms with van der Waals surface area (Å²) in [5, 5.41) is 11.3. The molecule has 3 rings (SSSR count). The fourth-order valence-corrected chi connectivity index (χ4v) is 5.53. The summed E-state index contributed by atoms with van der Waals surface area (Å²) in [7, 11) is 0. The normalized spacial score (nSPS) is 22.9. The van der Waals surface area contributed by atoms with Crippen molar-refractivity contribution in [2.45, 2.75) is 98.1 Å². The average molecular weight is 503 g/mol. The molecule has 2 aliphatic carbocycles. The predicted molar refractivity (Wildman–Crippen MR) is 141 cm³/mol. The first-order valence-electron chi connectivity index (χ1n) is 14.0. The number of aliphatic hydroxyl groups is 1. The minimum Gasteiger partial charge on any atom is -0.493 e. The number of hydrogen-bond donors (Lipinski definition) is 1. The van der Waals surface area contributed by atoms with Crippen LogP contribution in [0.2, 0.25) is 0 Å². The maximum Gasteiger partial charge on any atom is 0.234 e. The van der Waals surface area contributed by atoms with E-state index in [2.05, 4.69) is 25.8 Å². The first kappa shape index (κ1) is 28.6. The van der Waals surface area contributed by atoms with E-state index in [0.717, 1.165) is 43.4 Å². The van der Waals surface area contributed by atoms with Crippen molar-refractivity contribution in [1.82, 2.24) is 4.98 Å². The Labute approximate surface area is 217 Å². The summed E-state index contributed by atoms with van der Waals surface area (Å²) in [4.78, 5) is 33.6. The lowest BCUT2D eigenvalue weighted by molar-refractivity contribution is -0.137. The molecule has 7 nitrogen and oxygen atoms in total. The van der Waals surface area contributed by atoms with Crippen molar-refractivity contribution < 1.29 is 24.2 Å². The van der Waals surface area contributed by atoms with Crippen LogP contribution in [0.25, 0.3) is 0 Å². The molecule has 36 heavy (non-hydrogen) atoms. The molecule has 1 heterocycles. The molecule has 0 aromatic carbocycles. The first-order valence-corrected chi connectivity index (χ1v) is 14.0. The summed E-state index contributed by atoms with van der Waals surface area (Å²) in [6, 6.07) is 1.96. The molecule has 0 unspecified atom stereocenters. The number of aromatic nitrogens is 1. The molecule has 0 radical (unpaired) electrons. The van der Waals surface area contributed by atoms with Crippen molar-refractivity contribution in [2.75, 3.05) is 24.7 Å². The van der Waals surface area contributed by atoms with Gasteiger partial charge >= 0.3 is 0 Å². The zero-order valence-corrected chi connectivity index (χ0v) is 22.9. The molecular formula is C29H46N2O5. The number of carbonyl (C=O) groups excluding carboxylic acids is 2. The van der Waals surface area contributed by atoms with Gasteiger partial charge in [-0.1, -0.05) is 27.2 Å². The summed E-state index contributed by atoms with van der Waals surface area (Å²) in [5.41, 5.74) is 1.01. The SMILES string of the molecule is CCOC[C@H](CC(=O)[C@@H]1CCC[C@H](C(=O)N(c2cc(OCC)c(CC)cn2)C2CC2)[C@@H]1O)CC(C)C. The smallest absolute Gasteiger partial charge is 0.234 e.